The van der Waals surface area contributed by atoms with E-state index >= 15 is 0 Å². The van der Waals surface area contributed by atoms with E-state index in [0.717, 1.165) is 9.52 Å². The van der Waals surface area contributed by atoms with Gasteiger partial charge in [-0.1, -0.05) is 160 Å². The quantitative estimate of drug-likeness (QED) is 0.105. The van der Waals surface area contributed by atoms with Gasteiger partial charge in [0, 0.05) is 9.52 Å². The molecule has 6 aromatic rings. The van der Waals surface area contributed by atoms with Crippen molar-refractivity contribution in [1.82, 2.24) is 0 Å². The van der Waals surface area contributed by atoms with Crippen molar-refractivity contribution in [2.45, 2.75) is 145 Å². The molecule has 2 aliphatic rings. The molecule has 0 spiro atoms. The second-order valence-electron chi connectivity index (χ2n) is 17.9. The van der Waals surface area contributed by atoms with Crippen LogP contribution in [0.25, 0.3) is 43.8 Å². The van der Waals surface area contributed by atoms with Gasteiger partial charge in [-0.15, -0.1) is 69.1 Å². The van der Waals surface area contributed by atoms with Crippen LogP contribution in [0.2, 0.25) is 13.1 Å². The summed E-state index contributed by atoms with van der Waals surface area (Å²) in [7, 11) is 11.0. The molecule has 4 heteroatoms. The molecule has 0 atom stereocenters. The second-order valence-corrected chi connectivity index (χ2v) is 22.6. The number of halogens is 2. The van der Waals surface area contributed by atoms with Gasteiger partial charge in [0.25, 0.3) is 0 Å². The molecule has 0 unspecified atom stereocenters. The number of rotatable bonds is 8. The summed E-state index contributed by atoms with van der Waals surface area (Å²) in [6, 6.07) is 37.2. The van der Waals surface area contributed by atoms with E-state index in [1.54, 1.807) is 11.1 Å². The van der Waals surface area contributed by atoms with Crippen molar-refractivity contribution in [1.29, 1.82) is 0 Å². The first-order chi connectivity index (χ1) is 28.0. The fourth-order valence-electron chi connectivity index (χ4n) is 10.3. The van der Waals surface area contributed by atoms with Gasteiger partial charge in [0.2, 0.25) is 0 Å². The van der Waals surface area contributed by atoms with Crippen molar-refractivity contribution in [3.8, 4) is 22.3 Å². The molecular weight excluding hydrogens is 839 g/mol. The Morgan fingerprint density at radius 1 is 0.534 bits per heavy atom. The summed E-state index contributed by atoms with van der Waals surface area (Å²) in [5, 5.41) is 5.65. The van der Waals surface area contributed by atoms with E-state index < -0.39 is 20.8 Å². The number of benzene rings is 4. The van der Waals surface area contributed by atoms with Crippen LogP contribution in [0.4, 0.5) is 0 Å². The Balaban J connectivity index is 0.000000195. The molecule has 0 nitrogen and oxygen atoms in total. The van der Waals surface area contributed by atoms with E-state index in [2.05, 4.69) is 152 Å². The van der Waals surface area contributed by atoms with Crippen LogP contribution in [0.1, 0.15) is 124 Å². The molecule has 58 heavy (non-hydrogen) atoms. The average molecular weight is 907 g/mol. The summed E-state index contributed by atoms with van der Waals surface area (Å²) in [4.78, 5) is 0. The summed E-state index contributed by atoms with van der Waals surface area (Å²) < 4.78 is 0. The van der Waals surface area contributed by atoms with Crippen molar-refractivity contribution in [2.24, 2.45) is 10.8 Å². The third kappa shape index (κ3) is 12.4. The Kier molecular flexibility index (Phi) is 18.2. The van der Waals surface area contributed by atoms with Gasteiger partial charge in [0.1, 0.15) is 0 Å². The van der Waals surface area contributed by atoms with E-state index in [4.69, 9.17) is 17.0 Å². The molecule has 2 saturated carbocycles. The van der Waals surface area contributed by atoms with Crippen LogP contribution < -0.4 is 0 Å². The number of hydrogen-bond acceptors (Lipinski definition) is 0. The molecule has 2 fully saturated rings. The normalized spacial score (nSPS) is 15.6. The molecule has 0 aliphatic heterocycles. The van der Waals surface area contributed by atoms with E-state index in [1.807, 2.05) is 0 Å². The van der Waals surface area contributed by atoms with Crippen LogP contribution in [0.5, 0.6) is 0 Å². The van der Waals surface area contributed by atoms with Gasteiger partial charge >= 0.3 is 37.9 Å². The Hall–Kier alpha value is -2.22. The molecule has 0 saturated heterocycles. The maximum atomic E-state index is 4.93. The van der Waals surface area contributed by atoms with Crippen LogP contribution in [0.15, 0.2) is 97.1 Å². The van der Waals surface area contributed by atoms with Crippen molar-refractivity contribution in [3.05, 3.63) is 130 Å². The topological polar surface area (TPSA) is 0 Å². The van der Waals surface area contributed by atoms with E-state index in [-0.39, 0.29) is 0 Å². The van der Waals surface area contributed by atoms with Crippen molar-refractivity contribution >= 4 is 48.1 Å². The maximum absolute atomic E-state index is 4.93. The molecule has 0 amide bonds. The van der Waals surface area contributed by atoms with Gasteiger partial charge in [-0.25, -0.2) is 0 Å². The molecule has 2 radical (unpaired) electrons. The number of aryl methyl sites for hydroxylation is 4. The van der Waals surface area contributed by atoms with Crippen molar-refractivity contribution in [2.75, 3.05) is 0 Å². The minimum atomic E-state index is -0.826. The molecule has 2 aliphatic carbocycles. The zero-order chi connectivity index (χ0) is 41.7. The molecular formula is C54H68Cl2SiZr. The Labute approximate surface area is 374 Å². The van der Waals surface area contributed by atoms with Crippen LogP contribution in [0.3, 0.4) is 0 Å². The van der Waals surface area contributed by atoms with Gasteiger partial charge in [0.15, 0.2) is 0 Å². The number of fused-ring (bicyclic) bond motifs is 2. The average Bonchev–Trinajstić information content (AvgIpc) is 3.81. The SMILES string of the molecule is CCC1(Cc2cc3c(-c4cc(C)cc(C)c4)cccc3[cH-]2)CCCCC1.CCC1(Cc2cc3c(-c4cc(C)cc(C)c4)cccc3[cH-]2)CCCCC1.C[Si]C.[Cl][Zr+2][Cl]. The summed E-state index contributed by atoms with van der Waals surface area (Å²) >= 11 is -0.826. The second kappa shape index (κ2) is 22.6. The zero-order valence-corrected chi connectivity index (χ0v) is 41.9. The molecule has 8 rings (SSSR count). The standard InChI is InChI=1S/2C26H31.C2H6Si.2ClH.Zr/c2*1-4-26(11-6-5-7-12-26)18-21-16-22-9-8-10-24(25(22)17-21)23-14-19(2)13-20(3)15-23;1-3-2;;;/h2*8-10,13-17H,4-7,11-12,18H2,1-3H3;1-2H3;2*1H;/q2*-1;;;;+4/p-2. The zero-order valence-electron chi connectivity index (χ0n) is 36.9. The molecule has 0 aromatic heterocycles. The Morgan fingerprint density at radius 3 is 1.17 bits per heavy atom. The van der Waals surface area contributed by atoms with Gasteiger partial charge in [0.05, 0.1) is 0 Å². The Morgan fingerprint density at radius 2 is 0.862 bits per heavy atom. The predicted octanol–water partition coefficient (Wildman–Crippen LogP) is 17.7. The van der Waals surface area contributed by atoms with Gasteiger partial charge in [-0.3, -0.25) is 0 Å². The summed E-state index contributed by atoms with van der Waals surface area (Å²) in [6.45, 7) is 17.9. The third-order valence-corrected chi connectivity index (χ3v) is 13.2. The minimum absolute atomic E-state index is 0.544. The van der Waals surface area contributed by atoms with Crippen LogP contribution in [-0.4, -0.2) is 9.52 Å². The van der Waals surface area contributed by atoms with Gasteiger partial charge < -0.3 is 0 Å². The van der Waals surface area contributed by atoms with E-state index in [0.29, 0.717) is 10.8 Å². The molecule has 306 valence electrons. The van der Waals surface area contributed by atoms with Crippen molar-refractivity contribution in [3.63, 3.8) is 0 Å². The fraction of sp³-hybridized carbons (Fsp3) is 0.444. The van der Waals surface area contributed by atoms with Gasteiger partial charge in [-0.05, 0) is 88.2 Å². The monoisotopic (exact) mass is 904 g/mol. The molecule has 0 N–H and O–H groups in total. The molecule has 6 aromatic carbocycles. The molecule has 0 heterocycles. The first-order valence-corrected chi connectivity index (χ1v) is 30.4. The van der Waals surface area contributed by atoms with E-state index in [9.17, 15) is 0 Å². The molecule has 0 bridgehead atoms. The summed E-state index contributed by atoms with van der Waals surface area (Å²) in [6.07, 6.45) is 19.3. The first-order valence-electron chi connectivity index (χ1n) is 22.1. The predicted molar refractivity (Wildman–Crippen MR) is 257 cm³/mol. The fourth-order valence-corrected chi connectivity index (χ4v) is 10.3. The third-order valence-electron chi connectivity index (χ3n) is 13.2. The summed E-state index contributed by atoms with van der Waals surface area (Å²) in [5.41, 5.74) is 15.0. The van der Waals surface area contributed by atoms with Crippen LogP contribution in [-0.2, 0) is 33.7 Å². The summed E-state index contributed by atoms with van der Waals surface area (Å²) in [5.74, 6) is 0. The Bertz CT molecular complexity index is 1980. The first kappa shape index (κ1) is 46.8. The van der Waals surface area contributed by atoms with Crippen LogP contribution in [0, 0.1) is 38.5 Å². The van der Waals surface area contributed by atoms with E-state index in [1.165, 1.54) is 156 Å². The number of hydrogen-bond donors (Lipinski definition) is 0. The van der Waals surface area contributed by atoms with Crippen molar-refractivity contribution < 1.29 is 20.8 Å². The van der Waals surface area contributed by atoms with Crippen LogP contribution >= 0.6 is 17.0 Å². The van der Waals surface area contributed by atoms with Gasteiger partial charge in [-0.2, -0.15) is 12.1 Å².